The van der Waals surface area contributed by atoms with E-state index < -0.39 is 18.0 Å². The molecule has 1 aromatic rings. The molecule has 1 aliphatic rings. The molecule has 1 aliphatic heterocycles. The van der Waals surface area contributed by atoms with Crippen LogP contribution in [0.4, 0.5) is 4.79 Å². The van der Waals surface area contributed by atoms with Crippen LogP contribution in [-0.2, 0) is 9.59 Å². The number of hydrogen-bond donors (Lipinski definition) is 3. The number of urea groups is 1. The van der Waals surface area contributed by atoms with E-state index in [1.165, 1.54) is 0 Å². The predicted molar refractivity (Wildman–Crippen MR) is 70.1 cm³/mol. The summed E-state index contributed by atoms with van der Waals surface area (Å²) in [5.74, 6) is -0.174. The zero-order valence-corrected chi connectivity index (χ0v) is 10.9. The fourth-order valence-electron chi connectivity index (χ4n) is 1.73. The monoisotopic (exact) mass is 277 g/mol. The van der Waals surface area contributed by atoms with E-state index in [0.717, 1.165) is 5.56 Å². The molecule has 0 saturated carbocycles. The third-order valence-electron chi connectivity index (χ3n) is 2.81. The molecule has 3 N–H and O–H groups in total. The first-order valence-corrected chi connectivity index (χ1v) is 6.13. The normalized spacial score (nSPS) is 17.4. The highest BCUT2D eigenvalue weighted by Gasteiger charge is 2.29. The molecule has 106 valence electrons. The minimum atomic E-state index is -0.732. The number of hydrogen-bond acceptors (Lipinski definition) is 4. The smallest absolute Gasteiger partial charge is 0.322 e. The van der Waals surface area contributed by atoms with Crippen LogP contribution in [0.2, 0.25) is 0 Å². The average Bonchev–Trinajstić information content (AvgIpc) is 2.74. The topological polar surface area (TPSA) is 96.5 Å². The van der Waals surface area contributed by atoms with Gasteiger partial charge in [-0.15, -0.1) is 0 Å². The number of aryl methyl sites for hydroxylation is 1. The van der Waals surface area contributed by atoms with Gasteiger partial charge < -0.3 is 15.4 Å². The van der Waals surface area contributed by atoms with E-state index in [1.807, 2.05) is 25.1 Å². The maximum atomic E-state index is 11.6. The van der Waals surface area contributed by atoms with E-state index in [1.54, 1.807) is 6.07 Å². The molecule has 1 heterocycles. The summed E-state index contributed by atoms with van der Waals surface area (Å²) in [7, 11) is 0. The number of amides is 4. The first-order chi connectivity index (χ1) is 9.56. The van der Waals surface area contributed by atoms with E-state index in [0.29, 0.717) is 5.75 Å². The lowest BCUT2D eigenvalue weighted by atomic mass is 10.2. The summed E-state index contributed by atoms with van der Waals surface area (Å²) in [5.41, 5.74) is 0.933. The fraction of sp³-hybridized carbons (Fsp3) is 0.308. The largest absolute Gasteiger partial charge is 0.484 e. The van der Waals surface area contributed by atoms with Gasteiger partial charge in [-0.05, 0) is 18.6 Å². The van der Waals surface area contributed by atoms with Crippen LogP contribution in [0.5, 0.6) is 5.75 Å². The number of carbonyl (C=O) groups is 3. The minimum Gasteiger partial charge on any atom is -0.484 e. The highest BCUT2D eigenvalue weighted by Crippen LogP contribution is 2.15. The van der Waals surface area contributed by atoms with Crippen molar-refractivity contribution in [2.75, 3.05) is 13.2 Å². The average molecular weight is 277 g/mol. The van der Waals surface area contributed by atoms with Gasteiger partial charge in [0.05, 0.1) is 0 Å². The molecule has 7 nitrogen and oxygen atoms in total. The standard InChI is InChI=1S/C13H15N3O4/c1-8-4-2-3-5-10(8)20-7-11(17)14-6-9-12(18)16-13(19)15-9/h2-5,9H,6-7H2,1H3,(H,14,17)(H2,15,16,18,19). The van der Waals surface area contributed by atoms with Gasteiger partial charge in [0.2, 0.25) is 0 Å². The SMILES string of the molecule is Cc1ccccc1OCC(=O)NCC1NC(=O)NC1=O. The number of rotatable bonds is 5. The van der Waals surface area contributed by atoms with Gasteiger partial charge in [0, 0.05) is 6.54 Å². The lowest BCUT2D eigenvalue weighted by molar-refractivity contribution is -0.123. The van der Waals surface area contributed by atoms with Crippen LogP contribution in [0, 0.1) is 6.92 Å². The first-order valence-electron chi connectivity index (χ1n) is 6.13. The van der Waals surface area contributed by atoms with Crippen molar-refractivity contribution >= 4 is 17.8 Å². The number of carbonyl (C=O) groups excluding carboxylic acids is 3. The maximum absolute atomic E-state index is 11.6. The molecule has 1 unspecified atom stereocenters. The Morgan fingerprint density at radius 3 is 2.75 bits per heavy atom. The molecule has 0 bridgehead atoms. The Kier molecular flexibility index (Phi) is 4.19. The van der Waals surface area contributed by atoms with E-state index in [-0.39, 0.29) is 19.1 Å². The molecule has 4 amide bonds. The molecule has 0 aliphatic carbocycles. The van der Waals surface area contributed by atoms with Crippen molar-refractivity contribution in [2.24, 2.45) is 0 Å². The van der Waals surface area contributed by atoms with Crippen molar-refractivity contribution < 1.29 is 19.1 Å². The van der Waals surface area contributed by atoms with Crippen molar-refractivity contribution in [1.29, 1.82) is 0 Å². The van der Waals surface area contributed by atoms with E-state index in [2.05, 4.69) is 16.0 Å². The zero-order valence-electron chi connectivity index (χ0n) is 10.9. The van der Waals surface area contributed by atoms with Crippen molar-refractivity contribution in [3.05, 3.63) is 29.8 Å². The molecule has 20 heavy (non-hydrogen) atoms. The molecule has 0 aromatic heterocycles. The second-order valence-electron chi connectivity index (χ2n) is 4.37. The van der Waals surface area contributed by atoms with Crippen LogP contribution in [0.15, 0.2) is 24.3 Å². The Balaban J connectivity index is 1.75. The number of nitrogens with one attached hydrogen (secondary N) is 3. The molecule has 0 spiro atoms. The molecule has 7 heteroatoms. The van der Waals surface area contributed by atoms with Crippen LogP contribution in [-0.4, -0.2) is 37.0 Å². The minimum absolute atomic E-state index is 0.0353. The van der Waals surface area contributed by atoms with Gasteiger partial charge in [-0.1, -0.05) is 18.2 Å². The van der Waals surface area contributed by atoms with E-state index in [9.17, 15) is 14.4 Å². The summed E-state index contributed by atoms with van der Waals surface area (Å²) in [6.45, 7) is 1.77. The summed E-state index contributed by atoms with van der Waals surface area (Å²) in [4.78, 5) is 33.7. The molecular formula is C13H15N3O4. The second-order valence-corrected chi connectivity index (χ2v) is 4.37. The molecule has 0 radical (unpaired) electrons. The highest BCUT2D eigenvalue weighted by atomic mass is 16.5. The summed E-state index contributed by atoms with van der Waals surface area (Å²) >= 11 is 0. The van der Waals surface area contributed by atoms with Gasteiger partial charge in [0.25, 0.3) is 11.8 Å². The Bertz CT molecular complexity index is 544. The number of imide groups is 1. The lowest BCUT2D eigenvalue weighted by Gasteiger charge is -2.11. The van der Waals surface area contributed by atoms with E-state index in [4.69, 9.17) is 4.74 Å². The zero-order chi connectivity index (χ0) is 14.5. The van der Waals surface area contributed by atoms with Gasteiger partial charge in [0.15, 0.2) is 6.61 Å². The Labute approximate surface area is 115 Å². The van der Waals surface area contributed by atoms with Crippen LogP contribution >= 0.6 is 0 Å². The van der Waals surface area contributed by atoms with Crippen LogP contribution in [0.1, 0.15) is 5.56 Å². The van der Waals surface area contributed by atoms with Crippen LogP contribution in [0.25, 0.3) is 0 Å². The molecule has 1 fully saturated rings. The van der Waals surface area contributed by atoms with Crippen LogP contribution in [0.3, 0.4) is 0 Å². The molecule has 2 rings (SSSR count). The van der Waals surface area contributed by atoms with Crippen molar-refractivity contribution in [3.63, 3.8) is 0 Å². The van der Waals surface area contributed by atoms with Gasteiger partial charge in [-0.3, -0.25) is 14.9 Å². The third-order valence-corrected chi connectivity index (χ3v) is 2.81. The Morgan fingerprint density at radius 2 is 2.10 bits per heavy atom. The molecular weight excluding hydrogens is 262 g/mol. The summed E-state index contributed by atoms with van der Waals surface area (Å²) in [6.07, 6.45) is 0. The number of para-hydroxylation sites is 1. The molecule has 1 saturated heterocycles. The Morgan fingerprint density at radius 1 is 1.35 bits per heavy atom. The fourth-order valence-corrected chi connectivity index (χ4v) is 1.73. The molecule has 1 atom stereocenters. The number of benzene rings is 1. The summed E-state index contributed by atoms with van der Waals surface area (Å²) in [5, 5.41) is 7.00. The highest BCUT2D eigenvalue weighted by molar-refractivity contribution is 6.04. The first kappa shape index (κ1) is 13.9. The quantitative estimate of drug-likeness (QED) is 0.644. The predicted octanol–water partition coefficient (Wildman–Crippen LogP) is -0.302. The number of ether oxygens (including phenoxy) is 1. The maximum Gasteiger partial charge on any atom is 0.322 e. The van der Waals surface area contributed by atoms with Gasteiger partial charge in [0.1, 0.15) is 11.8 Å². The van der Waals surface area contributed by atoms with Crippen molar-refractivity contribution in [2.45, 2.75) is 13.0 Å². The van der Waals surface area contributed by atoms with Gasteiger partial charge in [-0.2, -0.15) is 0 Å². The van der Waals surface area contributed by atoms with Crippen molar-refractivity contribution in [1.82, 2.24) is 16.0 Å². The Hall–Kier alpha value is -2.57. The van der Waals surface area contributed by atoms with Crippen molar-refractivity contribution in [3.8, 4) is 5.75 Å². The van der Waals surface area contributed by atoms with E-state index >= 15 is 0 Å². The van der Waals surface area contributed by atoms with Crippen LogP contribution < -0.4 is 20.7 Å². The summed E-state index contributed by atoms with van der Waals surface area (Å²) < 4.78 is 5.36. The summed E-state index contributed by atoms with van der Waals surface area (Å²) in [6, 6.07) is 6.07. The third kappa shape index (κ3) is 3.47. The second kappa shape index (κ2) is 6.05. The molecule has 1 aromatic carbocycles. The van der Waals surface area contributed by atoms with Gasteiger partial charge >= 0.3 is 6.03 Å². The lowest BCUT2D eigenvalue weighted by Crippen LogP contribution is -2.43. The van der Waals surface area contributed by atoms with Gasteiger partial charge in [-0.25, -0.2) is 4.79 Å².